The molecule has 1 amide bonds. The van der Waals surface area contributed by atoms with E-state index in [0.717, 1.165) is 11.1 Å². The van der Waals surface area contributed by atoms with E-state index < -0.39 is 12.0 Å². The SMILES string of the molecule is C=C1NC(=S)NC(c2ccc(OCc3ccccc3)c(OC)c2)C1C(=O)Nc1ccccn1. The molecule has 1 aliphatic rings. The van der Waals surface area contributed by atoms with Crippen LogP contribution in [0.3, 0.4) is 0 Å². The highest BCUT2D eigenvalue weighted by atomic mass is 32.1. The number of amides is 1. The number of pyridine rings is 1. The highest BCUT2D eigenvalue weighted by molar-refractivity contribution is 7.80. The number of nitrogens with one attached hydrogen (secondary N) is 3. The highest BCUT2D eigenvalue weighted by Gasteiger charge is 2.37. The number of hydrogen-bond acceptors (Lipinski definition) is 5. The third-order valence-corrected chi connectivity index (χ3v) is 5.47. The van der Waals surface area contributed by atoms with Crippen molar-refractivity contribution in [2.45, 2.75) is 12.6 Å². The Balaban J connectivity index is 1.58. The van der Waals surface area contributed by atoms with E-state index in [9.17, 15) is 4.79 Å². The van der Waals surface area contributed by atoms with Gasteiger partial charge in [-0.2, -0.15) is 0 Å². The van der Waals surface area contributed by atoms with Crippen LogP contribution in [0.2, 0.25) is 0 Å². The standard InChI is InChI=1S/C25H24N4O3S/c1-16-22(24(30)28-21-10-6-7-13-26-21)23(29-25(33)27-16)18-11-12-19(20(14-18)31-2)32-15-17-8-4-3-5-9-17/h3-14,22-23H,1,15H2,2H3,(H,26,28,30)(H2,27,29,33). The van der Waals surface area contributed by atoms with E-state index in [-0.39, 0.29) is 5.91 Å². The molecule has 33 heavy (non-hydrogen) atoms. The van der Waals surface area contributed by atoms with Crippen LogP contribution in [0.25, 0.3) is 0 Å². The Morgan fingerprint density at radius 2 is 1.91 bits per heavy atom. The molecule has 0 saturated carbocycles. The van der Waals surface area contributed by atoms with Crippen LogP contribution in [0.1, 0.15) is 17.2 Å². The topological polar surface area (TPSA) is 84.5 Å². The van der Waals surface area contributed by atoms with E-state index in [1.54, 1.807) is 31.5 Å². The fraction of sp³-hybridized carbons (Fsp3) is 0.160. The van der Waals surface area contributed by atoms with Crippen molar-refractivity contribution in [3.8, 4) is 11.5 Å². The van der Waals surface area contributed by atoms with Crippen LogP contribution in [0.5, 0.6) is 11.5 Å². The zero-order valence-electron chi connectivity index (χ0n) is 18.1. The summed E-state index contributed by atoms with van der Waals surface area (Å²) in [6.45, 7) is 4.45. The van der Waals surface area contributed by atoms with Gasteiger partial charge in [0.05, 0.1) is 13.2 Å². The van der Waals surface area contributed by atoms with Gasteiger partial charge in [-0.05, 0) is 47.6 Å². The van der Waals surface area contributed by atoms with Crippen molar-refractivity contribution in [3.63, 3.8) is 0 Å². The van der Waals surface area contributed by atoms with Crippen molar-refractivity contribution in [2.75, 3.05) is 12.4 Å². The van der Waals surface area contributed by atoms with Gasteiger partial charge in [-0.25, -0.2) is 4.98 Å². The number of rotatable bonds is 7. The van der Waals surface area contributed by atoms with Crippen LogP contribution in [0.15, 0.2) is 85.2 Å². The van der Waals surface area contributed by atoms with Crippen molar-refractivity contribution in [2.24, 2.45) is 5.92 Å². The first kappa shape index (κ1) is 22.3. The van der Waals surface area contributed by atoms with Gasteiger partial charge in [-0.3, -0.25) is 4.79 Å². The summed E-state index contributed by atoms with van der Waals surface area (Å²) in [5.41, 5.74) is 2.36. The Morgan fingerprint density at radius 3 is 2.64 bits per heavy atom. The lowest BCUT2D eigenvalue weighted by atomic mass is 9.88. The van der Waals surface area contributed by atoms with Gasteiger partial charge in [-0.1, -0.05) is 49.0 Å². The lowest BCUT2D eigenvalue weighted by molar-refractivity contribution is -0.119. The van der Waals surface area contributed by atoms with E-state index in [4.69, 9.17) is 21.7 Å². The molecule has 4 rings (SSSR count). The third-order valence-electron chi connectivity index (χ3n) is 5.25. The molecule has 168 valence electrons. The summed E-state index contributed by atoms with van der Waals surface area (Å²) >= 11 is 5.33. The van der Waals surface area contributed by atoms with Crippen LogP contribution >= 0.6 is 12.2 Å². The molecule has 2 atom stereocenters. The molecule has 3 N–H and O–H groups in total. The van der Waals surface area contributed by atoms with Crippen LogP contribution in [-0.2, 0) is 11.4 Å². The molecule has 8 heteroatoms. The molecule has 1 aromatic heterocycles. The van der Waals surface area contributed by atoms with Crippen molar-refractivity contribution in [1.29, 1.82) is 0 Å². The first-order valence-electron chi connectivity index (χ1n) is 10.4. The second-order valence-corrected chi connectivity index (χ2v) is 7.88. The number of methoxy groups -OCH3 is 1. The van der Waals surface area contributed by atoms with Gasteiger partial charge in [0.2, 0.25) is 5.91 Å². The minimum atomic E-state index is -0.639. The van der Waals surface area contributed by atoms with E-state index in [2.05, 4.69) is 27.5 Å². The first-order chi connectivity index (χ1) is 16.0. The maximum Gasteiger partial charge on any atom is 0.237 e. The summed E-state index contributed by atoms with van der Waals surface area (Å²) in [7, 11) is 1.58. The Bertz CT molecular complexity index is 1150. The Kier molecular flexibility index (Phi) is 6.85. The summed E-state index contributed by atoms with van der Waals surface area (Å²) in [5.74, 6) is 0.734. The highest BCUT2D eigenvalue weighted by Crippen LogP contribution is 2.36. The molecule has 2 unspecified atom stereocenters. The minimum Gasteiger partial charge on any atom is -0.493 e. The fourth-order valence-corrected chi connectivity index (χ4v) is 3.90. The first-order valence-corrected chi connectivity index (χ1v) is 10.8. The van der Waals surface area contributed by atoms with Crippen LogP contribution < -0.4 is 25.4 Å². The Labute approximate surface area is 197 Å². The lowest BCUT2D eigenvalue weighted by Gasteiger charge is -2.35. The number of carbonyl (C=O) groups is 1. The molecule has 1 fully saturated rings. The van der Waals surface area contributed by atoms with Crippen LogP contribution in [0, 0.1) is 5.92 Å². The van der Waals surface area contributed by atoms with E-state index in [0.29, 0.717) is 34.7 Å². The average Bonchev–Trinajstić information content (AvgIpc) is 2.83. The molecule has 3 aromatic rings. The van der Waals surface area contributed by atoms with Crippen molar-refractivity contribution in [3.05, 3.63) is 96.3 Å². The quantitative estimate of drug-likeness (QED) is 0.460. The van der Waals surface area contributed by atoms with E-state index in [1.165, 1.54) is 0 Å². The predicted octanol–water partition coefficient (Wildman–Crippen LogP) is 3.96. The zero-order valence-corrected chi connectivity index (χ0v) is 18.9. The van der Waals surface area contributed by atoms with Crippen LogP contribution in [-0.4, -0.2) is 23.1 Å². The summed E-state index contributed by atoms with van der Waals surface area (Å²) in [6, 6.07) is 20.3. The number of benzene rings is 2. The molecule has 2 heterocycles. The number of anilines is 1. The maximum atomic E-state index is 13.2. The second-order valence-electron chi connectivity index (χ2n) is 7.47. The van der Waals surface area contributed by atoms with Gasteiger partial charge < -0.3 is 25.4 Å². The van der Waals surface area contributed by atoms with Gasteiger partial charge in [0.25, 0.3) is 0 Å². The second kappa shape index (κ2) is 10.1. The molecule has 1 saturated heterocycles. The fourth-order valence-electron chi connectivity index (χ4n) is 3.64. The van der Waals surface area contributed by atoms with Crippen molar-refractivity contribution >= 4 is 29.1 Å². The molecular weight excluding hydrogens is 436 g/mol. The molecule has 0 bridgehead atoms. The maximum absolute atomic E-state index is 13.2. The number of ether oxygens (including phenoxy) is 2. The number of aromatic nitrogens is 1. The predicted molar refractivity (Wildman–Crippen MR) is 131 cm³/mol. The largest absolute Gasteiger partial charge is 0.493 e. The monoisotopic (exact) mass is 460 g/mol. The minimum absolute atomic E-state index is 0.255. The molecule has 1 aliphatic heterocycles. The molecule has 2 aromatic carbocycles. The molecular formula is C25H24N4O3S. The number of hydrogen-bond donors (Lipinski definition) is 3. The van der Waals surface area contributed by atoms with Crippen LogP contribution in [0.4, 0.5) is 5.82 Å². The molecule has 0 spiro atoms. The summed E-state index contributed by atoms with van der Waals surface area (Å²) in [6.07, 6.45) is 1.62. The van der Waals surface area contributed by atoms with E-state index in [1.807, 2.05) is 48.5 Å². The van der Waals surface area contributed by atoms with Crippen molar-refractivity contribution in [1.82, 2.24) is 15.6 Å². The Morgan fingerprint density at radius 1 is 1.12 bits per heavy atom. The van der Waals surface area contributed by atoms with Gasteiger partial charge >= 0.3 is 0 Å². The van der Waals surface area contributed by atoms with Crippen molar-refractivity contribution < 1.29 is 14.3 Å². The summed E-state index contributed by atoms with van der Waals surface area (Å²) in [5, 5.41) is 9.40. The number of thiocarbonyl (C=S) groups is 1. The third kappa shape index (κ3) is 5.30. The van der Waals surface area contributed by atoms with Gasteiger partial charge in [0.1, 0.15) is 18.3 Å². The van der Waals surface area contributed by atoms with E-state index >= 15 is 0 Å². The zero-order chi connectivity index (χ0) is 23.2. The molecule has 7 nitrogen and oxygen atoms in total. The molecule has 0 radical (unpaired) electrons. The number of carbonyl (C=O) groups excluding carboxylic acids is 1. The summed E-state index contributed by atoms with van der Waals surface area (Å²) in [4.78, 5) is 17.3. The van der Waals surface area contributed by atoms with Gasteiger partial charge in [0, 0.05) is 11.9 Å². The smallest absolute Gasteiger partial charge is 0.237 e. The average molecular weight is 461 g/mol. The van der Waals surface area contributed by atoms with Gasteiger partial charge in [-0.15, -0.1) is 0 Å². The molecule has 0 aliphatic carbocycles. The summed E-state index contributed by atoms with van der Waals surface area (Å²) < 4.78 is 11.5. The van der Waals surface area contributed by atoms with Gasteiger partial charge in [0.15, 0.2) is 16.6 Å². The normalized spacial score (nSPS) is 17.5. The lowest BCUT2D eigenvalue weighted by Crippen LogP contribution is -2.51. The number of nitrogens with zero attached hydrogens (tertiary/aromatic N) is 1. The Hall–Kier alpha value is -3.91.